The Bertz CT molecular complexity index is 546. The van der Waals surface area contributed by atoms with Gasteiger partial charge in [0.25, 0.3) is 0 Å². The summed E-state index contributed by atoms with van der Waals surface area (Å²) in [7, 11) is -3.61. The number of nitrogens with two attached hydrogens (primary N) is 1. The zero-order chi connectivity index (χ0) is 14.6. The molecule has 0 amide bonds. The van der Waals surface area contributed by atoms with Gasteiger partial charge >= 0.3 is 0 Å². The van der Waals surface area contributed by atoms with Crippen molar-refractivity contribution >= 4 is 34.0 Å². The van der Waals surface area contributed by atoms with E-state index in [-0.39, 0.29) is 28.4 Å². The zero-order valence-corrected chi connectivity index (χ0v) is 14.2. The van der Waals surface area contributed by atoms with Gasteiger partial charge in [0.2, 0.25) is 10.0 Å². The first-order valence-electron chi connectivity index (χ1n) is 7.01. The molecule has 21 heavy (non-hydrogen) atoms. The Morgan fingerprint density at radius 2 is 1.86 bits per heavy atom. The highest BCUT2D eigenvalue weighted by Crippen LogP contribution is 2.28. The van der Waals surface area contributed by atoms with Gasteiger partial charge in [-0.25, -0.2) is 13.1 Å². The zero-order valence-electron chi connectivity index (χ0n) is 11.8. The van der Waals surface area contributed by atoms with Crippen molar-refractivity contribution in [2.45, 2.75) is 43.0 Å². The minimum Gasteiger partial charge on any atom is -0.329 e. The predicted molar refractivity (Wildman–Crippen MR) is 88.4 cm³/mol. The molecule has 1 aliphatic rings. The van der Waals surface area contributed by atoms with Gasteiger partial charge in [0.1, 0.15) is 4.90 Å². The Labute approximate surface area is 137 Å². The lowest BCUT2D eigenvalue weighted by molar-refractivity contribution is 0.294. The number of rotatable bonds is 5. The fourth-order valence-electron chi connectivity index (χ4n) is 2.80. The molecule has 0 bridgehead atoms. The maximum Gasteiger partial charge on any atom is 0.242 e. The van der Waals surface area contributed by atoms with E-state index in [2.05, 4.69) is 4.72 Å². The fourth-order valence-corrected chi connectivity index (χ4v) is 4.64. The lowest BCUT2D eigenvalue weighted by Crippen LogP contribution is -2.45. The first kappa shape index (κ1) is 18.7. The Kier molecular flexibility index (Phi) is 7.44. The summed E-state index contributed by atoms with van der Waals surface area (Å²) in [5.41, 5.74) is 5.77. The van der Waals surface area contributed by atoms with E-state index in [0.717, 1.165) is 25.7 Å². The smallest absolute Gasteiger partial charge is 0.242 e. The van der Waals surface area contributed by atoms with Crippen LogP contribution in [0.15, 0.2) is 29.2 Å². The maximum absolute atomic E-state index is 12.4. The van der Waals surface area contributed by atoms with Crippen LogP contribution in [0.2, 0.25) is 5.02 Å². The lowest BCUT2D eigenvalue weighted by Gasteiger charge is -2.29. The van der Waals surface area contributed by atoms with E-state index >= 15 is 0 Å². The SMILES string of the molecule is Cl.NCC(NS(=O)(=O)c1ccccc1Cl)C1CCCCC1. The Morgan fingerprint density at radius 3 is 2.43 bits per heavy atom. The number of benzene rings is 1. The molecule has 1 saturated carbocycles. The van der Waals surface area contributed by atoms with Crippen LogP contribution in [0.1, 0.15) is 32.1 Å². The summed E-state index contributed by atoms with van der Waals surface area (Å²) in [6.45, 7) is 0.314. The van der Waals surface area contributed by atoms with Gasteiger partial charge in [-0.2, -0.15) is 0 Å². The van der Waals surface area contributed by atoms with Crippen LogP contribution in [-0.2, 0) is 10.0 Å². The van der Waals surface area contributed by atoms with E-state index in [1.807, 2.05) is 0 Å². The average molecular weight is 353 g/mol. The molecule has 7 heteroatoms. The summed E-state index contributed by atoms with van der Waals surface area (Å²) in [4.78, 5) is 0.121. The van der Waals surface area contributed by atoms with Crippen LogP contribution in [0.25, 0.3) is 0 Å². The monoisotopic (exact) mass is 352 g/mol. The van der Waals surface area contributed by atoms with Gasteiger partial charge in [0.05, 0.1) is 5.02 Å². The van der Waals surface area contributed by atoms with Crippen molar-refractivity contribution in [2.75, 3.05) is 6.54 Å². The number of hydrogen-bond acceptors (Lipinski definition) is 3. The molecule has 1 atom stereocenters. The first-order valence-corrected chi connectivity index (χ1v) is 8.87. The second-order valence-electron chi connectivity index (χ2n) is 5.29. The molecule has 3 N–H and O–H groups in total. The molecule has 0 radical (unpaired) electrons. The molecule has 1 aliphatic carbocycles. The molecule has 0 spiro atoms. The summed E-state index contributed by atoms with van der Waals surface area (Å²) >= 11 is 5.97. The quantitative estimate of drug-likeness (QED) is 0.855. The van der Waals surface area contributed by atoms with Gasteiger partial charge in [-0.3, -0.25) is 0 Å². The molecule has 2 rings (SSSR count). The Balaban J connectivity index is 0.00000220. The largest absolute Gasteiger partial charge is 0.329 e. The lowest BCUT2D eigenvalue weighted by atomic mass is 9.84. The fraction of sp³-hybridized carbons (Fsp3) is 0.571. The first-order chi connectivity index (χ1) is 9.54. The molecule has 1 aromatic carbocycles. The summed E-state index contributed by atoms with van der Waals surface area (Å²) < 4.78 is 27.6. The van der Waals surface area contributed by atoms with E-state index in [0.29, 0.717) is 12.5 Å². The van der Waals surface area contributed by atoms with Gasteiger partial charge in [-0.05, 0) is 30.9 Å². The molecular formula is C14H22Cl2N2O2S. The number of nitrogens with one attached hydrogen (secondary N) is 1. The molecule has 1 fully saturated rings. The molecule has 1 aromatic rings. The molecule has 0 aliphatic heterocycles. The van der Waals surface area contributed by atoms with Gasteiger partial charge in [-0.15, -0.1) is 12.4 Å². The highest BCUT2D eigenvalue weighted by atomic mass is 35.5. The molecule has 0 heterocycles. The van der Waals surface area contributed by atoms with Crippen molar-refractivity contribution < 1.29 is 8.42 Å². The predicted octanol–water partition coefficient (Wildman–Crippen LogP) is 2.95. The van der Waals surface area contributed by atoms with Crippen molar-refractivity contribution in [3.8, 4) is 0 Å². The average Bonchev–Trinajstić information content (AvgIpc) is 2.46. The summed E-state index contributed by atoms with van der Waals surface area (Å²) in [6, 6.07) is 6.26. The molecule has 0 aromatic heterocycles. The van der Waals surface area contributed by atoms with E-state index in [1.165, 1.54) is 12.5 Å². The van der Waals surface area contributed by atoms with E-state index in [1.54, 1.807) is 18.2 Å². The van der Waals surface area contributed by atoms with E-state index in [9.17, 15) is 8.42 Å². The van der Waals surface area contributed by atoms with Crippen molar-refractivity contribution in [3.63, 3.8) is 0 Å². The molecule has 120 valence electrons. The topological polar surface area (TPSA) is 72.2 Å². The minimum absolute atomic E-state index is 0. The number of hydrogen-bond donors (Lipinski definition) is 2. The van der Waals surface area contributed by atoms with Crippen molar-refractivity contribution in [1.29, 1.82) is 0 Å². The third-order valence-corrected chi connectivity index (χ3v) is 5.90. The third kappa shape index (κ3) is 4.83. The van der Waals surface area contributed by atoms with Crippen LogP contribution in [0.4, 0.5) is 0 Å². The molecule has 4 nitrogen and oxygen atoms in total. The molecular weight excluding hydrogens is 331 g/mol. The normalized spacial score (nSPS) is 18.0. The van der Waals surface area contributed by atoms with Gasteiger partial charge in [0.15, 0.2) is 0 Å². The highest BCUT2D eigenvalue weighted by molar-refractivity contribution is 7.89. The summed E-state index contributed by atoms with van der Waals surface area (Å²) in [5.74, 6) is 0.325. The van der Waals surface area contributed by atoms with Crippen LogP contribution in [0, 0.1) is 5.92 Å². The molecule has 1 unspecified atom stereocenters. The summed E-state index contributed by atoms with van der Waals surface area (Å²) in [5, 5.41) is 0.236. The van der Waals surface area contributed by atoms with Crippen molar-refractivity contribution in [2.24, 2.45) is 11.7 Å². The van der Waals surface area contributed by atoms with Gasteiger partial charge in [0, 0.05) is 12.6 Å². The molecule has 0 saturated heterocycles. The van der Waals surface area contributed by atoms with Gasteiger partial charge < -0.3 is 5.73 Å². The minimum atomic E-state index is -3.61. The van der Waals surface area contributed by atoms with Crippen molar-refractivity contribution in [1.82, 2.24) is 4.72 Å². The van der Waals surface area contributed by atoms with E-state index < -0.39 is 10.0 Å². The van der Waals surface area contributed by atoms with Gasteiger partial charge in [-0.1, -0.05) is 43.0 Å². The second kappa shape index (κ2) is 8.34. The van der Waals surface area contributed by atoms with E-state index in [4.69, 9.17) is 17.3 Å². The number of halogens is 2. The second-order valence-corrected chi connectivity index (χ2v) is 7.38. The number of sulfonamides is 1. The van der Waals surface area contributed by atoms with Crippen LogP contribution < -0.4 is 10.5 Å². The summed E-state index contributed by atoms with van der Waals surface area (Å²) in [6.07, 6.45) is 5.59. The standard InChI is InChI=1S/C14H21ClN2O2S.ClH/c15-12-8-4-5-9-14(12)20(18,19)17-13(10-16)11-6-2-1-3-7-11;/h4-5,8-9,11,13,17H,1-3,6-7,10,16H2;1H. The Morgan fingerprint density at radius 1 is 1.24 bits per heavy atom. The maximum atomic E-state index is 12.4. The van der Waals surface area contributed by atoms with Crippen LogP contribution in [0.3, 0.4) is 0 Å². The third-order valence-electron chi connectivity index (χ3n) is 3.91. The Hall–Kier alpha value is -0.330. The van der Waals surface area contributed by atoms with Crippen LogP contribution in [0.5, 0.6) is 0 Å². The van der Waals surface area contributed by atoms with Crippen LogP contribution in [-0.4, -0.2) is 21.0 Å². The highest BCUT2D eigenvalue weighted by Gasteiger charge is 2.28. The van der Waals surface area contributed by atoms with Crippen molar-refractivity contribution in [3.05, 3.63) is 29.3 Å². The van der Waals surface area contributed by atoms with Crippen LogP contribution >= 0.6 is 24.0 Å².